The Morgan fingerprint density at radius 3 is 2.64 bits per heavy atom. The smallest absolute Gasteiger partial charge is 0.0319 e. The second-order valence-corrected chi connectivity index (χ2v) is 2.27. The molecule has 0 fully saturated rings. The Labute approximate surface area is 67.7 Å². The molecular weight excluding hydrogens is 138 g/mol. The van der Waals surface area contributed by atoms with Crippen LogP contribution >= 0.6 is 0 Å². The summed E-state index contributed by atoms with van der Waals surface area (Å²) in [5, 5.41) is 7.00. The monoisotopic (exact) mass is 153 g/mol. The van der Waals surface area contributed by atoms with Crippen molar-refractivity contribution in [1.29, 1.82) is 0 Å². The van der Waals surface area contributed by atoms with Crippen LogP contribution in [0.4, 0.5) is 0 Å². The molecule has 1 atom stereocenters. The summed E-state index contributed by atoms with van der Waals surface area (Å²) in [6.45, 7) is 2.12. The Morgan fingerprint density at radius 2 is 2.00 bits per heavy atom. The van der Waals surface area contributed by atoms with Gasteiger partial charge in [-0.05, 0) is 18.1 Å². The summed E-state index contributed by atoms with van der Waals surface area (Å²) in [5.74, 6) is 0.516. The van der Waals surface area contributed by atoms with Gasteiger partial charge in [0.2, 0.25) is 0 Å². The fraction of sp³-hybridized carbons (Fsp3) is 0.333. The van der Waals surface area contributed by atoms with E-state index in [4.69, 9.17) is 10.8 Å². The summed E-state index contributed by atoms with van der Waals surface area (Å²) in [6, 6.07) is 0. The molecule has 0 spiro atoms. The molecule has 0 radical (unpaired) electrons. The predicted molar refractivity (Wildman–Crippen MR) is 47.9 cm³/mol. The predicted octanol–water partition coefficient (Wildman–Crippen LogP) is 1.20. The minimum absolute atomic E-state index is 0.516. The largest absolute Gasteiger partial charge is 0.400 e. The first-order valence-corrected chi connectivity index (χ1v) is 3.56. The number of hydrogen-bond donors (Lipinski definition) is 2. The first kappa shape index (κ1) is 9.98. The van der Waals surface area contributed by atoms with Gasteiger partial charge in [0.05, 0.1) is 0 Å². The molecule has 1 rings (SSSR count). The van der Waals surface area contributed by atoms with E-state index in [0.29, 0.717) is 5.92 Å². The van der Waals surface area contributed by atoms with Gasteiger partial charge in [0.15, 0.2) is 0 Å². The third-order valence-electron chi connectivity index (χ3n) is 1.30. The third-order valence-corrected chi connectivity index (χ3v) is 1.30. The van der Waals surface area contributed by atoms with Crippen molar-refractivity contribution in [3.05, 3.63) is 36.1 Å². The Morgan fingerprint density at radius 1 is 1.36 bits per heavy atom. The lowest BCUT2D eigenvalue weighted by Gasteiger charge is -1.91. The van der Waals surface area contributed by atoms with Crippen LogP contribution in [0, 0.1) is 5.92 Å². The summed E-state index contributed by atoms with van der Waals surface area (Å²) >= 11 is 0. The number of aliphatic hydroxyl groups is 1. The topological polar surface area (TPSA) is 46.2 Å². The van der Waals surface area contributed by atoms with Crippen molar-refractivity contribution in [3.8, 4) is 0 Å². The molecule has 0 amide bonds. The van der Waals surface area contributed by atoms with Crippen LogP contribution in [0.15, 0.2) is 36.1 Å². The van der Waals surface area contributed by atoms with Gasteiger partial charge in [-0.1, -0.05) is 25.2 Å². The average Bonchev–Trinajstić information content (AvgIpc) is 2.20. The van der Waals surface area contributed by atoms with Crippen molar-refractivity contribution >= 4 is 0 Å². The number of allylic oxidation sites excluding steroid dienone is 5. The highest BCUT2D eigenvalue weighted by Crippen LogP contribution is 2.05. The minimum atomic E-state index is 0.516. The van der Waals surface area contributed by atoms with Gasteiger partial charge < -0.3 is 10.8 Å². The third kappa shape index (κ3) is 4.39. The zero-order chi connectivity index (χ0) is 8.69. The lowest BCUT2D eigenvalue weighted by Crippen LogP contribution is -1.90. The molecule has 1 aliphatic carbocycles. The summed E-state index contributed by atoms with van der Waals surface area (Å²) < 4.78 is 0. The van der Waals surface area contributed by atoms with Gasteiger partial charge in [-0.25, -0.2) is 0 Å². The molecule has 11 heavy (non-hydrogen) atoms. The van der Waals surface area contributed by atoms with E-state index in [1.165, 1.54) is 0 Å². The summed E-state index contributed by atoms with van der Waals surface area (Å²) in [4.78, 5) is 0. The molecule has 0 saturated carbocycles. The standard InChI is InChI=1S/C8H11N.CH4O/c1-7-3-2-4-8(9)6-5-7;1-2/h2-7H,9H2,1H3;2H,1H3. The second kappa shape index (κ2) is 5.74. The summed E-state index contributed by atoms with van der Waals surface area (Å²) in [6.07, 6.45) is 10.0. The highest BCUT2D eigenvalue weighted by Gasteiger charge is 1.91. The van der Waals surface area contributed by atoms with Crippen LogP contribution in [-0.4, -0.2) is 12.2 Å². The molecule has 0 heterocycles. The van der Waals surface area contributed by atoms with E-state index >= 15 is 0 Å². The molecule has 0 saturated heterocycles. The van der Waals surface area contributed by atoms with E-state index in [2.05, 4.69) is 19.1 Å². The molecule has 2 nitrogen and oxygen atoms in total. The Bertz CT molecular complexity index is 180. The van der Waals surface area contributed by atoms with Crippen molar-refractivity contribution in [3.63, 3.8) is 0 Å². The van der Waals surface area contributed by atoms with Crippen LogP contribution in [0.3, 0.4) is 0 Å². The maximum absolute atomic E-state index is 7.00. The molecule has 3 N–H and O–H groups in total. The molecule has 0 aromatic heterocycles. The minimum Gasteiger partial charge on any atom is -0.400 e. The SMILES string of the molecule is CC1C=CC=C(N)C=C1.CO. The number of aliphatic hydroxyl groups excluding tert-OH is 1. The Balaban J connectivity index is 0.000000461. The van der Waals surface area contributed by atoms with Gasteiger partial charge >= 0.3 is 0 Å². The van der Waals surface area contributed by atoms with Crippen LogP contribution < -0.4 is 5.73 Å². The van der Waals surface area contributed by atoms with Crippen molar-refractivity contribution in [1.82, 2.24) is 0 Å². The van der Waals surface area contributed by atoms with Gasteiger partial charge in [-0.2, -0.15) is 0 Å². The lowest BCUT2D eigenvalue weighted by atomic mass is 10.2. The number of nitrogens with two attached hydrogens (primary N) is 1. The summed E-state index contributed by atoms with van der Waals surface area (Å²) in [7, 11) is 1.00. The van der Waals surface area contributed by atoms with Gasteiger partial charge in [-0.3, -0.25) is 0 Å². The molecule has 62 valence electrons. The van der Waals surface area contributed by atoms with Crippen molar-refractivity contribution < 1.29 is 5.11 Å². The normalized spacial score (nSPS) is 21.4. The maximum Gasteiger partial charge on any atom is 0.0319 e. The van der Waals surface area contributed by atoms with Crippen molar-refractivity contribution in [2.75, 3.05) is 7.11 Å². The van der Waals surface area contributed by atoms with E-state index < -0.39 is 0 Å². The average molecular weight is 153 g/mol. The molecule has 0 aromatic rings. The van der Waals surface area contributed by atoms with E-state index in [1.54, 1.807) is 0 Å². The van der Waals surface area contributed by atoms with E-state index in [9.17, 15) is 0 Å². The quantitative estimate of drug-likeness (QED) is 0.549. The van der Waals surface area contributed by atoms with Crippen LogP contribution in [0.5, 0.6) is 0 Å². The lowest BCUT2D eigenvalue weighted by molar-refractivity contribution is 0.399. The van der Waals surface area contributed by atoms with Gasteiger partial charge in [0.25, 0.3) is 0 Å². The molecule has 1 aliphatic rings. The Hall–Kier alpha value is -1.02. The first-order valence-electron chi connectivity index (χ1n) is 3.56. The van der Waals surface area contributed by atoms with Crippen LogP contribution in [-0.2, 0) is 0 Å². The van der Waals surface area contributed by atoms with Gasteiger partial charge in [0, 0.05) is 12.8 Å². The van der Waals surface area contributed by atoms with Crippen LogP contribution in [0.2, 0.25) is 0 Å². The zero-order valence-corrected chi connectivity index (χ0v) is 6.99. The maximum atomic E-state index is 7.00. The number of hydrogen-bond acceptors (Lipinski definition) is 2. The molecule has 0 bridgehead atoms. The van der Waals surface area contributed by atoms with Gasteiger partial charge in [0.1, 0.15) is 0 Å². The first-order chi connectivity index (χ1) is 5.29. The van der Waals surface area contributed by atoms with E-state index in [0.717, 1.165) is 12.8 Å². The fourth-order valence-electron chi connectivity index (χ4n) is 0.725. The highest BCUT2D eigenvalue weighted by molar-refractivity contribution is 5.25. The highest BCUT2D eigenvalue weighted by atomic mass is 16.2. The van der Waals surface area contributed by atoms with E-state index in [-0.39, 0.29) is 0 Å². The van der Waals surface area contributed by atoms with Crippen LogP contribution in [0.1, 0.15) is 6.92 Å². The van der Waals surface area contributed by atoms with E-state index in [1.807, 2.05) is 18.2 Å². The number of rotatable bonds is 0. The van der Waals surface area contributed by atoms with Crippen molar-refractivity contribution in [2.24, 2.45) is 11.7 Å². The van der Waals surface area contributed by atoms with Crippen LogP contribution in [0.25, 0.3) is 0 Å². The molecule has 0 aromatic carbocycles. The molecule has 2 heteroatoms. The van der Waals surface area contributed by atoms with Crippen molar-refractivity contribution in [2.45, 2.75) is 6.92 Å². The molecule has 0 aliphatic heterocycles. The van der Waals surface area contributed by atoms with Gasteiger partial charge in [-0.15, -0.1) is 0 Å². The molecule has 1 unspecified atom stereocenters. The zero-order valence-electron chi connectivity index (χ0n) is 6.99. The fourth-order valence-corrected chi connectivity index (χ4v) is 0.725. The summed E-state index contributed by atoms with van der Waals surface area (Å²) in [5.41, 5.74) is 6.35. The second-order valence-electron chi connectivity index (χ2n) is 2.27. The molecular formula is C9H15NO. The Kier molecular flexibility index (Phi) is 5.21.